The normalized spacial score (nSPS) is 11.9. The average Bonchev–Trinajstić information content (AvgIpc) is 2.75. The highest BCUT2D eigenvalue weighted by Gasteiger charge is 2.35. The van der Waals surface area contributed by atoms with E-state index >= 15 is 0 Å². The van der Waals surface area contributed by atoms with Crippen molar-refractivity contribution in [1.29, 1.82) is 0 Å². The van der Waals surface area contributed by atoms with Crippen LogP contribution in [-0.2, 0) is 16.2 Å². The molecule has 0 radical (unpaired) electrons. The smallest absolute Gasteiger partial charge is 0.417 e. The number of sulfonamides is 1. The van der Waals surface area contributed by atoms with Crippen LogP contribution in [0.4, 0.5) is 23.2 Å². The number of rotatable bonds is 6. The van der Waals surface area contributed by atoms with Gasteiger partial charge in [0.2, 0.25) is 0 Å². The maximum atomic E-state index is 13.4. The standard InChI is InChI=1S/C21H16ClF4N3O4S/c1-11-7-12(23)3-4-17(11)33-18-10-15(21(24,25)26)16(22)9-14(18)20(30)29-13-5-6-28-19(8-13)34(31,32)27-2/h3-10,27H,1-2H3,(H,28,29,30). The third-order valence-corrected chi connectivity index (χ3v) is 6.14. The number of benzene rings is 2. The highest BCUT2D eigenvalue weighted by Crippen LogP contribution is 2.40. The third-order valence-electron chi connectivity index (χ3n) is 4.51. The first-order chi connectivity index (χ1) is 15.8. The Balaban J connectivity index is 2.05. The first kappa shape index (κ1) is 25.4. The van der Waals surface area contributed by atoms with E-state index in [0.717, 1.165) is 30.5 Å². The molecule has 0 saturated carbocycles. The van der Waals surface area contributed by atoms with Gasteiger partial charge < -0.3 is 10.1 Å². The zero-order valence-electron chi connectivity index (χ0n) is 17.5. The number of pyridine rings is 1. The Morgan fingerprint density at radius 2 is 1.79 bits per heavy atom. The fourth-order valence-electron chi connectivity index (χ4n) is 2.82. The van der Waals surface area contributed by atoms with Gasteiger partial charge in [0.25, 0.3) is 15.9 Å². The van der Waals surface area contributed by atoms with E-state index in [4.69, 9.17) is 16.3 Å². The molecule has 180 valence electrons. The maximum Gasteiger partial charge on any atom is 0.417 e. The van der Waals surface area contributed by atoms with Gasteiger partial charge in [0.15, 0.2) is 5.03 Å². The van der Waals surface area contributed by atoms with Crippen molar-refractivity contribution in [3.8, 4) is 11.5 Å². The van der Waals surface area contributed by atoms with Gasteiger partial charge in [-0.2, -0.15) is 13.2 Å². The predicted octanol–water partition coefficient (Wildman–Crippen LogP) is 5.15. The highest BCUT2D eigenvalue weighted by molar-refractivity contribution is 7.89. The van der Waals surface area contributed by atoms with Gasteiger partial charge in [-0.15, -0.1) is 0 Å². The summed E-state index contributed by atoms with van der Waals surface area (Å²) in [7, 11) is -2.75. The van der Waals surface area contributed by atoms with Gasteiger partial charge in [0.05, 0.1) is 16.1 Å². The molecule has 7 nitrogen and oxygen atoms in total. The topological polar surface area (TPSA) is 97.4 Å². The lowest BCUT2D eigenvalue weighted by Gasteiger charge is -2.17. The number of hydrogen-bond acceptors (Lipinski definition) is 5. The fourth-order valence-corrected chi connectivity index (χ4v) is 3.78. The van der Waals surface area contributed by atoms with E-state index in [9.17, 15) is 30.8 Å². The van der Waals surface area contributed by atoms with Gasteiger partial charge in [-0.25, -0.2) is 22.5 Å². The molecule has 3 rings (SSSR count). The Kier molecular flexibility index (Phi) is 7.15. The molecule has 0 saturated heterocycles. The van der Waals surface area contributed by atoms with Crippen LogP contribution < -0.4 is 14.8 Å². The number of carbonyl (C=O) groups is 1. The summed E-state index contributed by atoms with van der Waals surface area (Å²) < 4.78 is 85.1. The molecule has 1 aromatic heterocycles. The summed E-state index contributed by atoms with van der Waals surface area (Å²) in [6.07, 6.45) is -3.72. The molecule has 0 aliphatic rings. The first-order valence-electron chi connectivity index (χ1n) is 9.37. The number of anilines is 1. The lowest BCUT2D eigenvalue weighted by atomic mass is 10.1. The van der Waals surface area contributed by atoms with E-state index in [-0.39, 0.29) is 22.6 Å². The van der Waals surface area contributed by atoms with Crippen LogP contribution in [0.2, 0.25) is 5.02 Å². The monoisotopic (exact) mass is 517 g/mol. The zero-order valence-corrected chi connectivity index (χ0v) is 19.1. The number of nitrogens with zero attached hydrogens (tertiary/aromatic N) is 1. The molecule has 1 heterocycles. The van der Waals surface area contributed by atoms with Crippen molar-refractivity contribution in [3.05, 3.63) is 76.2 Å². The van der Waals surface area contributed by atoms with Crippen LogP contribution in [0.15, 0.2) is 53.7 Å². The first-order valence-corrected chi connectivity index (χ1v) is 11.2. The second kappa shape index (κ2) is 9.57. The van der Waals surface area contributed by atoms with Crippen LogP contribution >= 0.6 is 11.6 Å². The van der Waals surface area contributed by atoms with Crippen LogP contribution in [-0.4, -0.2) is 26.4 Å². The van der Waals surface area contributed by atoms with Gasteiger partial charge in [-0.05, 0) is 55.9 Å². The molecule has 0 spiro atoms. The van der Waals surface area contributed by atoms with Crippen molar-refractivity contribution in [2.45, 2.75) is 18.1 Å². The molecule has 0 unspecified atom stereocenters. The SMILES string of the molecule is CNS(=O)(=O)c1cc(NC(=O)c2cc(Cl)c(C(F)(F)F)cc2Oc2ccc(F)cc2C)ccn1. The van der Waals surface area contributed by atoms with E-state index in [1.807, 2.05) is 0 Å². The molecule has 1 amide bonds. The van der Waals surface area contributed by atoms with E-state index in [1.165, 1.54) is 26.1 Å². The summed E-state index contributed by atoms with van der Waals surface area (Å²) in [4.78, 5) is 16.6. The quantitative estimate of drug-likeness (QED) is 0.441. The molecule has 0 bridgehead atoms. The van der Waals surface area contributed by atoms with Crippen molar-refractivity contribution in [1.82, 2.24) is 9.71 Å². The van der Waals surface area contributed by atoms with Crippen LogP contribution in [0.3, 0.4) is 0 Å². The van der Waals surface area contributed by atoms with Crippen molar-refractivity contribution in [3.63, 3.8) is 0 Å². The van der Waals surface area contributed by atoms with E-state index in [0.29, 0.717) is 6.07 Å². The number of halogens is 5. The van der Waals surface area contributed by atoms with Gasteiger partial charge >= 0.3 is 6.18 Å². The zero-order chi connectivity index (χ0) is 25.3. The average molecular weight is 518 g/mol. The number of amides is 1. The number of ether oxygens (including phenoxy) is 1. The minimum absolute atomic E-state index is 0.00578. The second-order valence-electron chi connectivity index (χ2n) is 6.88. The van der Waals surface area contributed by atoms with Crippen LogP contribution in [0.1, 0.15) is 21.5 Å². The lowest BCUT2D eigenvalue weighted by Crippen LogP contribution is -2.20. The maximum absolute atomic E-state index is 13.4. The van der Waals surface area contributed by atoms with Gasteiger partial charge in [0.1, 0.15) is 17.3 Å². The Hall–Kier alpha value is -3.22. The summed E-state index contributed by atoms with van der Waals surface area (Å²) >= 11 is 5.79. The number of hydrogen-bond donors (Lipinski definition) is 2. The Morgan fingerprint density at radius 3 is 2.41 bits per heavy atom. The van der Waals surface area contributed by atoms with Gasteiger partial charge in [-0.1, -0.05) is 11.6 Å². The third kappa shape index (κ3) is 5.64. The molecular weight excluding hydrogens is 502 g/mol. The van der Waals surface area contributed by atoms with E-state index in [2.05, 4.69) is 15.0 Å². The summed E-state index contributed by atoms with van der Waals surface area (Å²) in [5.41, 5.74) is -1.36. The molecule has 2 aromatic carbocycles. The van der Waals surface area contributed by atoms with Crippen LogP contribution in [0.25, 0.3) is 0 Å². The van der Waals surface area contributed by atoms with E-state index < -0.39 is 49.3 Å². The summed E-state index contributed by atoms with van der Waals surface area (Å²) in [6.45, 7) is 1.47. The molecule has 34 heavy (non-hydrogen) atoms. The van der Waals surface area contributed by atoms with Crippen molar-refractivity contribution >= 4 is 33.2 Å². The molecule has 2 N–H and O–H groups in total. The summed E-state index contributed by atoms with van der Waals surface area (Å²) in [6, 6.07) is 7.03. The number of nitrogens with one attached hydrogen (secondary N) is 2. The number of aryl methyl sites for hydroxylation is 1. The molecule has 0 atom stereocenters. The fraction of sp³-hybridized carbons (Fsp3) is 0.143. The highest BCUT2D eigenvalue weighted by atomic mass is 35.5. The molecule has 13 heteroatoms. The van der Waals surface area contributed by atoms with Crippen LogP contribution in [0, 0.1) is 12.7 Å². The Morgan fingerprint density at radius 1 is 1.09 bits per heavy atom. The molecular formula is C21H16ClF4N3O4S. The van der Waals surface area contributed by atoms with Gasteiger partial charge in [-0.3, -0.25) is 4.79 Å². The second-order valence-corrected chi connectivity index (χ2v) is 9.12. The Bertz CT molecular complexity index is 1360. The lowest BCUT2D eigenvalue weighted by molar-refractivity contribution is -0.137. The summed E-state index contributed by atoms with van der Waals surface area (Å²) in [5, 5.41) is 1.23. The number of carbonyl (C=O) groups excluding carboxylic acids is 1. The minimum Gasteiger partial charge on any atom is -0.456 e. The summed E-state index contributed by atoms with van der Waals surface area (Å²) in [5.74, 6) is -2.01. The van der Waals surface area contributed by atoms with E-state index in [1.54, 1.807) is 0 Å². The predicted molar refractivity (Wildman–Crippen MR) is 116 cm³/mol. The molecule has 0 fully saturated rings. The largest absolute Gasteiger partial charge is 0.456 e. The van der Waals surface area contributed by atoms with Gasteiger partial charge in [0, 0.05) is 18.0 Å². The molecule has 0 aliphatic heterocycles. The Labute approximate surface area is 196 Å². The van der Waals surface area contributed by atoms with Crippen molar-refractivity contribution < 1.29 is 35.5 Å². The van der Waals surface area contributed by atoms with Crippen molar-refractivity contribution in [2.24, 2.45) is 0 Å². The molecule has 0 aliphatic carbocycles. The molecule has 3 aromatic rings. The van der Waals surface area contributed by atoms with Crippen molar-refractivity contribution in [2.75, 3.05) is 12.4 Å². The number of aromatic nitrogens is 1. The van der Waals surface area contributed by atoms with Crippen LogP contribution in [0.5, 0.6) is 11.5 Å². The number of alkyl halides is 3. The minimum atomic E-state index is -4.84.